The van der Waals surface area contributed by atoms with E-state index in [9.17, 15) is 8.42 Å². The minimum absolute atomic E-state index is 0.0831. The Bertz CT molecular complexity index is 1360. The van der Waals surface area contributed by atoms with Crippen LogP contribution in [-0.2, 0) is 10.0 Å². The van der Waals surface area contributed by atoms with Crippen molar-refractivity contribution >= 4 is 44.8 Å². The molecule has 1 N–H and O–H groups in total. The maximum absolute atomic E-state index is 12.4. The molecule has 0 aromatic carbocycles. The number of hydrogen-bond acceptors (Lipinski definition) is 6. The van der Waals surface area contributed by atoms with Crippen molar-refractivity contribution in [2.24, 2.45) is 11.3 Å². The SMILES string of the molecule is CC1(COc2cc3nnc(NS(=O)(=O)C4CC4)n3cc2C2CC2)CCN(CC2C=C(Cl)C=C(Cl)C2)CC1. The first-order chi connectivity index (χ1) is 17.7. The summed E-state index contributed by atoms with van der Waals surface area (Å²) in [6.07, 6.45) is 12.5. The molecule has 1 aliphatic heterocycles. The maximum Gasteiger partial charge on any atom is 0.242 e. The van der Waals surface area contributed by atoms with Crippen LogP contribution in [0.1, 0.15) is 63.4 Å². The van der Waals surface area contributed by atoms with E-state index in [0.717, 1.165) is 73.1 Å². The minimum Gasteiger partial charge on any atom is -0.493 e. The largest absolute Gasteiger partial charge is 0.493 e. The fraction of sp³-hybridized carbons (Fsp3) is 0.615. The van der Waals surface area contributed by atoms with E-state index in [2.05, 4.69) is 32.8 Å². The van der Waals surface area contributed by atoms with Gasteiger partial charge in [0.25, 0.3) is 0 Å². The van der Waals surface area contributed by atoms with Gasteiger partial charge >= 0.3 is 0 Å². The second-order valence-corrected chi connectivity index (χ2v) is 14.4. The lowest BCUT2D eigenvalue weighted by molar-refractivity contribution is 0.0641. The number of piperidine rings is 1. The molecular formula is C26H33Cl2N5O3S. The Kier molecular flexibility index (Phi) is 6.70. The number of nitrogens with one attached hydrogen (secondary N) is 1. The van der Waals surface area contributed by atoms with Crippen LogP contribution in [0.3, 0.4) is 0 Å². The van der Waals surface area contributed by atoms with Crippen molar-refractivity contribution in [2.45, 2.75) is 63.0 Å². The van der Waals surface area contributed by atoms with Crippen LogP contribution in [0, 0.1) is 11.3 Å². The third-order valence-corrected chi connectivity index (χ3v) is 10.3. The smallest absolute Gasteiger partial charge is 0.242 e. The van der Waals surface area contributed by atoms with Gasteiger partial charge in [-0.3, -0.25) is 9.12 Å². The number of halogens is 2. The molecule has 3 aliphatic carbocycles. The molecule has 8 nitrogen and oxygen atoms in total. The number of pyridine rings is 1. The number of rotatable bonds is 9. The van der Waals surface area contributed by atoms with Gasteiger partial charge < -0.3 is 9.64 Å². The van der Waals surface area contributed by atoms with E-state index in [4.69, 9.17) is 27.9 Å². The van der Waals surface area contributed by atoms with Crippen LogP contribution in [-0.4, -0.2) is 59.4 Å². The Hall–Kier alpha value is -1.81. The molecule has 1 saturated heterocycles. The first-order valence-electron chi connectivity index (χ1n) is 13.2. The molecule has 3 heterocycles. The van der Waals surface area contributed by atoms with Crippen LogP contribution >= 0.6 is 23.2 Å². The molecule has 37 heavy (non-hydrogen) atoms. The van der Waals surface area contributed by atoms with Gasteiger partial charge in [-0.05, 0) is 75.9 Å². The van der Waals surface area contributed by atoms with Gasteiger partial charge in [0.05, 0.1) is 11.9 Å². The summed E-state index contributed by atoms with van der Waals surface area (Å²) in [5, 5.41) is 9.59. The van der Waals surface area contributed by atoms with Crippen molar-refractivity contribution in [3.63, 3.8) is 0 Å². The lowest BCUT2D eigenvalue weighted by Crippen LogP contribution is -2.43. The summed E-state index contributed by atoms with van der Waals surface area (Å²) in [7, 11) is -3.41. The summed E-state index contributed by atoms with van der Waals surface area (Å²) in [6.45, 7) is 5.95. The summed E-state index contributed by atoms with van der Waals surface area (Å²) in [5.74, 6) is 1.88. The van der Waals surface area contributed by atoms with Crippen LogP contribution in [0.2, 0.25) is 0 Å². The highest BCUT2D eigenvalue weighted by Crippen LogP contribution is 2.45. The molecule has 1 unspecified atom stereocenters. The summed E-state index contributed by atoms with van der Waals surface area (Å²) in [6, 6.07) is 1.91. The molecule has 0 spiro atoms. The molecule has 3 fully saturated rings. The van der Waals surface area contributed by atoms with E-state index < -0.39 is 10.0 Å². The predicted octanol–water partition coefficient (Wildman–Crippen LogP) is 5.26. The maximum atomic E-state index is 12.4. The number of ether oxygens (including phenoxy) is 1. The van der Waals surface area contributed by atoms with Gasteiger partial charge in [-0.1, -0.05) is 36.2 Å². The molecule has 0 radical (unpaired) electrons. The van der Waals surface area contributed by atoms with Crippen LogP contribution in [0.4, 0.5) is 5.95 Å². The van der Waals surface area contributed by atoms with Crippen LogP contribution in [0.25, 0.3) is 5.65 Å². The number of hydrogen-bond donors (Lipinski definition) is 1. The van der Waals surface area contributed by atoms with Crippen molar-refractivity contribution in [2.75, 3.05) is 31.0 Å². The van der Waals surface area contributed by atoms with Crippen molar-refractivity contribution in [1.29, 1.82) is 0 Å². The second-order valence-electron chi connectivity index (χ2n) is 11.5. The van der Waals surface area contributed by atoms with Crippen LogP contribution in [0.15, 0.2) is 34.5 Å². The number of likely N-dealkylation sites (tertiary alicyclic amines) is 1. The van der Waals surface area contributed by atoms with E-state index in [1.165, 1.54) is 0 Å². The predicted molar refractivity (Wildman–Crippen MR) is 146 cm³/mol. The van der Waals surface area contributed by atoms with E-state index in [-0.39, 0.29) is 16.6 Å². The van der Waals surface area contributed by atoms with E-state index >= 15 is 0 Å². The van der Waals surface area contributed by atoms with Gasteiger partial charge in [0.1, 0.15) is 5.75 Å². The Morgan fingerprint density at radius 3 is 2.59 bits per heavy atom. The quantitative estimate of drug-likeness (QED) is 0.446. The van der Waals surface area contributed by atoms with Gasteiger partial charge in [-0.2, -0.15) is 0 Å². The fourth-order valence-electron chi connectivity index (χ4n) is 5.33. The Balaban J connectivity index is 1.11. The summed E-state index contributed by atoms with van der Waals surface area (Å²) in [4.78, 5) is 2.50. The summed E-state index contributed by atoms with van der Waals surface area (Å²) in [5.41, 5.74) is 1.77. The third kappa shape index (κ3) is 5.79. The lowest BCUT2D eigenvalue weighted by atomic mass is 9.81. The van der Waals surface area contributed by atoms with Crippen molar-refractivity contribution < 1.29 is 13.2 Å². The van der Waals surface area contributed by atoms with E-state index in [1.54, 1.807) is 4.40 Å². The van der Waals surface area contributed by atoms with E-state index in [1.807, 2.05) is 18.3 Å². The number of sulfonamides is 1. The van der Waals surface area contributed by atoms with Crippen LogP contribution in [0.5, 0.6) is 5.75 Å². The zero-order chi connectivity index (χ0) is 25.8. The molecule has 2 saturated carbocycles. The van der Waals surface area contributed by atoms with Crippen molar-refractivity contribution in [3.8, 4) is 5.75 Å². The van der Waals surface area contributed by atoms with E-state index in [0.29, 0.717) is 36.9 Å². The molecule has 0 bridgehead atoms. The number of nitrogens with zero attached hydrogens (tertiary/aromatic N) is 4. The molecule has 11 heteroatoms. The van der Waals surface area contributed by atoms with Crippen molar-refractivity contribution in [1.82, 2.24) is 19.5 Å². The fourth-order valence-corrected chi connectivity index (χ4v) is 7.33. The lowest BCUT2D eigenvalue weighted by Gasteiger charge is -2.40. The minimum atomic E-state index is -3.41. The van der Waals surface area contributed by atoms with Gasteiger partial charge in [0.15, 0.2) is 5.65 Å². The van der Waals surface area contributed by atoms with Crippen molar-refractivity contribution in [3.05, 3.63) is 40.0 Å². The number of aromatic nitrogens is 3. The average Bonchev–Trinajstić information content (AvgIpc) is 3.76. The molecule has 6 rings (SSSR count). The second kappa shape index (κ2) is 9.74. The highest BCUT2D eigenvalue weighted by Gasteiger charge is 2.37. The topological polar surface area (TPSA) is 88.8 Å². The molecule has 4 aliphatic rings. The number of allylic oxidation sites excluding steroid dienone is 3. The molecule has 2 aromatic heterocycles. The van der Waals surface area contributed by atoms with Gasteiger partial charge in [0, 0.05) is 39.9 Å². The zero-order valence-corrected chi connectivity index (χ0v) is 23.3. The Morgan fingerprint density at radius 1 is 1.16 bits per heavy atom. The van der Waals surface area contributed by atoms with Gasteiger partial charge in [-0.25, -0.2) is 8.42 Å². The highest BCUT2D eigenvalue weighted by atomic mass is 35.5. The summed E-state index contributed by atoms with van der Waals surface area (Å²) >= 11 is 12.5. The van der Waals surface area contributed by atoms with Gasteiger partial charge in [0.2, 0.25) is 16.0 Å². The highest BCUT2D eigenvalue weighted by molar-refractivity contribution is 7.93. The summed E-state index contributed by atoms with van der Waals surface area (Å²) < 4.78 is 35.7. The number of anilines is 1. The normalized spacial score (nSPS) is 24.6. The first kappa shape index (κ1) is 25.5. The van der Waals surface area contributed by atoms with Gasteiger partial charge in [-0.15, -0.1) is 10.2 Å². The standard InChI is InChI=1S/C26H33Cl2N5O3S/c1-26(6-8-32(9-7-26)14-17-10-19(27)12-20(28)11-17)16-36-23-13-24-29-30-25(31-37(34,35)21-4-5-21)33(24)15-22(23)18-2-3-18/h10,12-13,15,17-18,21H,2-9,11,14,16H2,1H3,(H,30,31). The Morgan fingerprint density at radius 2 is 1.92 bits per heavy atom. The monoisotopic (exact) mass is 565 g/mol. The third-order valence-electron chi connectivity index (χ3n) is 8.03. The molecule has 200 valence electrons. The Labute approximate surface area is 228 Å². The first-order valence-corrected chi connectivity index (χ1v) is 15.5. The molecule has 2 aromatic rings. The average molecular weight is 567 g/mol. The van der Waals surface area contributed by atoms with Crippen LogP contribution < -0.4 is 9.46 Å². The molecule has 1 atom stereocenters. The molecule has 0 amide bonds. The number of fused-ring (bicyclic) bond motifs is 1. The zero-order valence-electron chi connectivity index (χ0n) is 21.0. The molecular weight excluding hydrogens is 533 g/mol.